The van der Waals surface area contributed by atoms with Crippen LogP contribution in [0.4, 0.5) is 0 Å². The van der Waals surface area contributed by atoms with Gasteiger partial charge in [-0.2, -0.15) is 0 Å². The minimum atomic E-state index is 0.684. The van der Waals surface area contributed by atoms with Crippen molar-refractivity contribution in [1.82, 2.24) is 0 Å². The highest BCUT2D eigenvalue weighted by Crippen LogP contribution is 2.21. The Bertz CT molecular complexity index is 290. The Balaban J connectivity index is 2.86. The second-order valence-corrected chi connectivity index (χ2v) is 3.35. The van der Waals surface area contributed by atoms with E-state index in [1.165, 1.54) is 0 Å². The summed E-state index contributed by atoms with van der Waals surface area (Å²) in [4.78, 5) is 0. The van der Waals surface area contributed by atoms with E-state index in [1.807, 2.05) is 25.1 Å². The van der Waals surface area contributed by atoms with Crippen molar-refractivity contribution in [3.05, 3.63) is 46.0 Å². The first-order chi connectivity index (χ1) is 5.74. The molecule has 0 nitrogen and oxygen atoms in total. The van der Waals surface area contributed by atoms with Gasteiger partial charge in [0.25, 0.3) is 0 Å². The molecule has 1 aromatic carbocycles. The topological polar surface area (TPSA) is 0 Å². The van der Waals surface area contributed by atoms with Crippen LogP contribution in [0.25, 0.3) is 0 Å². The highest BCUT2D eigenvalue weighted by atomic mass is 35.5. The van der Waals surface area contributed by atoms with Gasteiger partial charge in [0.15, 0.2) is 0 Å². The van der Waals surface area contributed by atoms with Gasteiger partial charge in [0, 0.05) is 10.0 Å². The fourth-order valence-corrected chi connectivity index (χ4v) is 1.42. The number of halogens is 2. The maximum atomic E-state index is 5.95. The minimum absolute atomic E-state index is 0.684. The number of benzene rings is 1. The SMILES string of the molecule is C/C=C/Cc1ccc(Cl)cc1Cl. The summed E-state index contributed by atoms with van der Waals surface area (Å²) in [7, 11) is 0. The molecule has 64 valence electrons. The molecule has 2 heteroatoms. The van der Waals surface area contributed by atoms with Gasteiger partial charge >= 0.3 is 0 Å². The van der Waals surface area contributed by atoms with Crippen molar-refractivity contribution in [2.75, 3.05) is 0 Å². The molecule has 0 aliphatic carbocycles. The van der Waals surface area contributed by atoms with Gasteiger partial charge in [-0.15, -0.1) is 0 Å². The molecule has 12 heavy (non-hydrogen) atoms. The van der Waals surface area contributed by atoms with E-state index >= 15 is 0 Å². The maximum absolute atomic E-state index is 5.95. The number of allylic oxidation sites excluding steroid dienone is 2. The van der Waals surface area contributed by atoms with E-state index in [1.54, 1.807) is 6.07 Å². The molecule has 1 aromatic rings. The fourth-order valence-electron chi connectivity index (χ4n) is 0.932. The van der Waals surface area contributed by atoms with E-state index in [-0.39, 0.29) is 0 Å². The lowest BCUT2D eigenvalue weighted by molar-refractivity contribution is 1.26. The molecule has 0 amide bonds. The first-order valence-electron chi connectivity index (χ1n) is 3.79. The van der Waals surface area contributed by atoms with Crippen LogP contribution >= 0.6 is 23.2 Å². The van der Waals surface area contributed by atoms with Gasteiger partial charge in [-0.05, 0) is 31.0 Å². The summed E-state index contributed by atoms with van der Waals surface area (Å²) >= 11 is 11.7. The van der Waals surface area contributed by atoms with Crippen molar-refractivity contribution in [2.45, 2.75) is 13.3 Å². The Morgan fingerprint density at radius 3 is 2.67 bits per heavy atom. The predicted octanol–water partition coefficient (Wildman–Crippen LogP) is 4.11. The molecular formula is C10H10Cl2. The lowest BCUT2D eigenvalue weighted by Crippen LogP contribution is -1.81. The molecule has 0 heterocycles. The third kappa shape index (κ3) is 2.54. The van der Waals surface area contributed by atoms with E-state index in [4.69, 9.17) is 23.2 Å². The molecule has 0 bridgehead atoms. The van der Waals surface area contributed by atoms with E-state index in [2.05, 4.69) is 6.08 Å². The Labute approximate surface area is 82.8 Å². The van der Waals surface area contributed by atoms with Crippen LogP contribution in [0.15, 0.2) is 30.4 Å². The van der Waals surface area contributed by atoms with Gasteiger partial charge in [0.05, 0.1) is 0 Å². The maximum Gasteiger partial charge on any atom is 0.0455 e. The summed E-state index contributed by atoms with van der Waals surface area (Å²) in [5, 5.41) is 1.42. The summed E-state index contributed by atoms with van der Waals surface area (Å²) < 4.78 is 0. The third-order valence-corrected chi connectivity index (χ3v) is 2.18. The molecular weight excluding hydrogens is 191 g/mol. The van der Waals surface area contributed by atoms with Gasteiger partial charge in [-0.3, -0.25) is 0 Å². The lowest BCUT2D eigenvalue weighted by atomic mass is 10.1. The standard InChI is InChI=1S/C10H10Cl2/c1-2-3-4-8-5-6-9(11)7-10(8)12/h2-3,5-7H,4H2,1H3/b3-2+. The Morgan fingerprint density at radius 2 is 2.08 bits per heavy atom. The highest BCUT2D eigenvalue weighted by molar-refractivity contribution is 6.35. The van der Waals surface area contributed by atoms with Gasteiger partial charge in [-0.25, -0.2) is 0 Å². The van der Waals surface area contributed by atoms with Crippen LogP contribution in [0, 0.1) is 0 Å². The van der Waals surface area contributed by atoms with Crippen LogP contribution in [-0.2, 0) is 6.42 Å². The average molecular weight is 201 g/mol. The fraction of sp³-hybridized carbons (Fsp3) is 0.200. The van der Waals surface area contributed by atoms with Crippen LogP contribution in [0.5, 0.6) is 0 Å². The number of hydrogen-bond acceptors (Lipinski definition) is 0. The smallest absolute Gasteiger partial charge is 0.0455 e. The molecule has 0 aliphatic rings. The number of rotatable bonds is 2. The molecule has 1 rings (SSSR count). The van der Waals surface area contributed by atoms with Crippen molar-refractivity contribution in [3.63, 3.8) is 0 Å². The second-order valence-electron chi connectivity index (χ2n) is 2.51. The van der Waals surface area contributed by atoms with Crippen molar-refractivity contribution in [2.24, 2.45) is 0 Å². The molecule has 0 radical (unpaired) electrons. The van der Waals surface area contributed by atoms with Crippen molar-refractivity contribution < 1.29 is 0 Å². The molecule has 0 unspecified atom stereocenters. The number of hydrogen-bond donors (Lipinski definition) is 0. The van der Waals surface area contributed by atoms with E-state index in [9.17, 15) is 0 Å². The van der Waals surface area contributed by atoms with Gasteiger partial charge < -0.3 is 0 Å². The predicted molar refractivity (Wildman–Crippen MR) is 55.0 cm³/mol. The molecule has 0 N–H and O–H groups in total. The zero-order valence-electron chi connectivity index (χ0n) is 6.85. The zero-order chi connectivity index (χ0) is 8.97. The Hall–Kier alpha value is -0.460. The molecule has 0 aromatic heterocycles. The second kappa shape index (κ2) is 4.54. The molecule has 0 saturated carbocycles. The van der Waals surface area contributed by atoms with E-state index in [0.29, 0.717) is 5.02 Å². The minimum Gasteiger partial charge on any atom is -0.0913 e. The summed E-state index contributed by atoms with van der Waals surface area (Å²) in [5.41, 5.74) is 1.11. The monoisotopic (exact) mass is 200 g/mol. The summed E-state index contributed by atoms with van der Waals surface area (Å²) in [6, 6.07) is 5.57. The molecule has 0 spiro atoms. The summed E-state index contributed by atoms with van der Waals surface area (Å²) in [5.74, 6) is 0. The van der Waals surface area contributed by atoms with Crippen LogP contribution in [0.2, 0.25) is 10.0 Å². The lowest BCUT2D eigenvalue weighted by Gasteiger charge is -2.00. The Kier molecular flexibility index (Phi) is 3.64. The third-order valence-electron chi connectivity index (χ3n) is 1.59. The Morgan fingerprint density at radius 1 is 1.33 bits per heavy atom. The van der Waals surface area contributed by atoms with Crippen molar-refractivity contribution in [1.29, 1.82) is 0 Å². The van der Waals surface area contributed by atoms with E-state index in [0.717, 1.165) is 17.0 Å². The first kappa shape index (κ1) is 9.63. The average Bonchev–Trinajstić information content (AvgIpc) is 2.03. The highest BCUT2D eigenvalue weighted by Gasteiger charge is 1.97. The van der Waals surface area contributed by atoms with E-state index < -0.39 is 0 Å². The zero-order valence-corrected chi connectivity index (χ0v) is 8.36. The van der Waals surface area contributed by atoms with Gasteiger partial charge in [0.1, 0.15) is 0 Å². The summed E-state index contributed by atoms with van der Waals surface area (Å²) in [6.45, 7) is 1.99. The van der Waals surface area contributed by atoms with Crippen LogP contribution in [0.1, 0.15) is 12.5 Å². The normalized spacial score (nSPS) is 10.9. The quantitative estimate of drug-likeness (QED) is 0.631. The molecule has 0 aliphatic heterocycles. The van der Waals surface area contributed by atoms with Crippen molar-refractivity contribution in [3.8, 4) is 0 Å². The van der Waals surface area contributed by atoms with Crippen LogP contribution in [-0.4, -0.2) is 0 Å². The van der Waals surface area contributed by atoms with Gasteiger partial charge in [-0.1, -0.05) is 41.4 Å². The first-order valence-corrected chi connectivity index (χ1v) is 4.54. The molecule has 0 saturated heterocycles. The summed E-state index contributed by atoms with van der Waals surface area (Å²) in [6.07, 6.45) is 4.94. The largest absolute Gasteiger partial charge is 0.0913 e. The molecule has 0 atom stereocenters. The van der Waals surface area contributed by atoms with Gasteiger partial charge in [0.2, 0.25) is 0 Å². The van der Waals surface area contributed by atoms with Crippen LogP contribution < -0.4 is 0 Å². The van der Waals surface area contributed by atoms with Crippen LogP contribution in [0.3, 0.4) is 0 Å². The molecule has 0 fully saturated rings. The van der Waals surface area contributed by atoms with Crippen molar-refractivity contribution >= 4 is 23.2 Å².